The highest BCUT2D eigenvalue weighted by Gasteiger charge is 2.43. The summed E-state index contributed by atoms with van der Waals surface area (Å²) in [4.78, 5) is 12.4. The van der Waals surface area contributed by atoms with Crippen LogP contribution in [0.4, 0.5) is 0 Å². The number of benzene rings is 1. The molecule has 0 amide bonds. The Morgan fingerprint density at radius 3 is 2.81 bits per heavy atom. The van der Waals surface area contributed by atoms with E-state index in [1.165, 1.54) is 13.5 Å². The fourth-order valence-corrected chi connectivity index (χ4v) is 4.37. The van der Waals surface area contributed by atoms with E-state index >= 15 is 0 Å². The van der Waals surface area contributed by atoms with Crippen molar-refractivity contribution < 1.29 is 19.4 Å². The average Bonchev–Trinajstić information content (AvgIpc) is 2.60. The predicted octanol–water partition coefficient (Wildman–Crippen LogP) is 5.02. The fourth-order valence-electron chi connectivity index (χ4n) is 4.37. The van der Waals surface area contributed by atoms with Crippen LogP contribution in [-0.2, 0) is 16.0 Å². The van der Waals surface area contributed by atoms with Crippen molar-refractivity contribution in [2.24, 2.45) is 5.92 Å². The first-order valence-corrected chi connectivity index (χ1v) is 9.75. The fraction of sp³-hybridized carbons (Fsp3) is 0.591. The van der Waals surface area contributed by atoms with Gasteiger partial charge in [0.25, 0.3) is 0 Å². The van der Waals surface area contributed by atoms with Crippen LogP contribution in [0.5, 0.6) is 11.5 Å². The van der Waals surface area contributed by atoms with Crippen molar-refractivity contribution in [3.8, 4) is 11.5 Å². The molecular weight excluding hydrogens is 328 g/mol. The SMILES string of the molecule is CCCCCc1cc(O)c2c(c1)OC(C)(C)C1=C2C(C(=O)OC)CCC1. The molecule has 0 saturated heterocycles. The van der Waals surface area contributed by atoms with Crippen LogP contribution in [0, 0.1) is 5.92 Å². The van der Waals surface area contributed by atoms with E-state index in [1.54, 1.807) is 0 Å². The van der Waals surface area contributed by atoms with Crippen molar-refractivity contribution in [2.45, 2.75) is 71.3 Å². The molecule has 1 atom stereocenters. The van der Waals surface area contributed by atoms with Crippen LogP contribution in [0.3, 0.4) is 0 Å². The van der Waals surface area contributed by atoms with Gasteiger partial charge in [0.15, 0.2) is 0 Å². The summed E-state index contributed by atoms with van der Waals surface area (Å²) in [6.45, 7) is 6.28. The van der Waals surface area contributed by atoms with E-state index in [0.29, 0.717) is 11.3 Å². The van der Waals surface area contributed by atoms with Crippen LogP contribution in [-0.4, -0.2) is 23.8 Å². The van der Waals surface area contributed by atoms with E-state index in [2.05, 4.69) is 6.92 Å². The Morgan fingerprint density at radius 1 is 1.35 bits per heavy atom. The zero-order valence-electron chi connectivity index (χ0n) is 16.4. The summed E-state index contributed by atoms with van der Waals surface area (Å²) < 4.78 is 11.4. The number of aryl methyl sites for hydroxylation is 1. The van der Waals surface area contributed by atoms with Gasteiger partial charge in [0.1, 0.15) is 17.1 Å². The first-order chi connectivity index (χ1) is 12.4. The monoisotopic (exact) mass is 358 g/mol. The highest BCUT2D eigenvalue weighted by atomic mass is 16.5. The number of esters is 1. The van der Waals surface area contributed by atoms with Gasteiger partial charge in [0.2, 0.25) is 0 Å². The number of carbonyl (C=O) groups excluding carboxylic acids is 1. The second-order valence-corrected chi connectivity index (χ2v) is 7.92. The quantitative estimate of drug-likeness (QED) is 0.593. The molecular formula is C22H30O4. The second-order valence-electron chi connectivity index (χ2n) is 7.92. The molecule has 0 spiro atoms. The number of ether oxygens (including phenoxy) is 2. The minimum absolute atomic E-state index is 0.216. The third-order valence-electron chi connectivity index (χ3n) is 5.65. The van der Waals surface area contributed by atoms with Crippen molar-refractivity contribution in [3.05, 3.63) is 28.8 Å². The Kier molecular flexibility index (Phi) is 5.31. The number of phenols is 1. The number of carbonyl (C=O) groups is 1. The molecule has 4 nitrogen and oxygen atoms in total. The van der Waals surface area contributed by atoms with E-state index in [0.717, 1.165) is 55.2 Å². The van der Waals surface area contributed by atoms with Gasteiger partial charge in [-0.1, -0.05) is 19.8 Å². The highest BCUT2D eigenvalue weighted by molar-refractivity contribution is 5.94. The van der Waals surface area contributed by atoms with Crippen LogP contribution in [0.1, 0.15) is 70.4 Å². The van der Waals surface area contributed by atoms with E-state index in [4.69, 9.17) is 9.47 Å². The second kappa shape index (κ2) is 7.34. The molecule has 0 saturated carbocycles. The molecule has 1 aliphatic carbocycles. The number of methoxy groups -OCH3 is 1. The first-order valence-electron chi connectivity index (χ1n) is 9.75. The zero-order chi connectivity index (χ0) is 18.9. The summed E-state index contributed by atoms with van der Waals surface area (Å²) >= 11 is 0. The zero-order valence-corrected chi connectivity index (χ0v) is 16.4. The number of rotatable bonds is 5. The standard InChI is InChI=1S/C22H30O4/c1-5-6-7-9-14-12-17(23)20-18(13-14)26-22(2,3)16-11-8-10-15(19(16)20)21(24)25-4/h12-13,15,23H,5-11H2,1-4H3. The van der Waals surface area contributed by atoms with Crippen molar-refractivity contribution in [1.82, 2.24) is 0 Å². The van der Waals surface area contributed by atoms with Crippen LogP contribution in [0.25, 0.3) is 5.57 Å². The van der Waals surface area contributed by atoms with E-state index < -0.39 is 5.60 Å². The number of phenolic OH excluding ortho intramolecular Hbond substituents is 1. The molecule has 142 valence electrons. The Balaban J connectivity index is 2.09. The molecule has 1 aromatic rings. The van der Waals surface area contributed by atoms with Crippen molar-refractivity contribution >= 4 is 11.5 Å². The number of fused-ring (bicyclic) bond motifs is 2. The van der Waals surface area contributed by atoms with Crippen molar-refractivity contribution in [3.63, 3.8) is 0 Å². The molecule has 3 rings (SSSR count). The van der Waals surface area contributed by atoms with Crippen molar-refractivity contribution in [1.29, 1.82) is 0 Å². The number of hydrogen-bond acceptors (Lipinski definition) is 4. The Morgan fingerprint density at radius 2 is 2.12 bits per heavy atom. The summed E-state index contributed by atoms with van der Waals surface area (Å²) in [5.74, 6) is 0.346. The lowest BCUT2D eigenvalue weighted by molar-refractivity contribution is -0.143. The molecule has 4 heteroatoms. The summed E-state index contributed by atoms with van der Waals surface area (Å²) in [5.41, 5.74) is 3.32. The highest BCUT2D eigenvalue weighted by Crippen LogP contribution is 2.52. The minimum atomic E-state index is -0.483. The summed E-state index contributed by atoms with van der Waals surface area (Å²) in [5, 5.41) is 10.8. The molecule has 1 unspecified atom stereocenters. The maximum atomic E-state index is 12.4. The Hall–Kier alpha value is -1.97. The lowest BCUT2D eigenvalue weighted by atomic mass is 9.72. The van der Waals surface area contributed by atoms with Gasteiger partial charge in [-0.05, 0) is 74.8 Å². The topological polar surface area (TPSA) is 55.8 Å². The van der Waals surface area contributed by atoms with Crippen molar-refractivity contribution in [2.75, 3.05) is 7.11 Å². The van der Waals surface area contributed by atoms with Gasteiger partial charge in [-0.2, -0.15) is 0 Å². The Bertz CT molecular complexity index is 730. The molecule has 1 aliphatic heterocycles. The third kappa shape index (κ3) is 3.34. The lowest BCUT2D eigenvalue weighted by Gasteiger charge is -2.41. The smallest absolute Gasteiger partial charge is 0.313 e. The first kappa shape index (κ1) is 18.8. The van der Waals surface area contributed by atoms with Gasteiger partial charge in [-0.3, -0.25) is 4.79 Å². The van der Waals surface area contributed by atoms with Gasteiger partial charge >= 0.3 is 5.97 Å². The van der Waals surface area contributed by atoms with Gasteiger partial charge < -0.3 is 14.6 Å². The summed E-state index contributed by atoms with van der Waals surface area (Å²) in [7, 11) is 1.43. The maximum Gasteiger partial charge on any atom is 0.313 e. The normalized spacial score (nSPS) is 20.8. The van der Waals surface area contributed by atoms with E-state index in [1.807, 2.05) is 26.0 Å². The lowest BCUT2D eigenvalue weighted by Crippen LogP contribution is -2.38. The molecule has 0 fully saturated rings. The minimum Gasteiger partial charge on any atom is -0.507 e. The maximum absolute atomic E-state index is 12.4. The summed E-state index contributed by atoms with van der Waals surface area (Å²) in [6.07, 6.45) is 6.91. The largest absolute Gasteiger partial charge is 0.507 e. The predicted molar refractivity (Wildman–Crippen MR) is 102 cm³/mol. The van der Waals surface area contributed by atoms with Crippen LogP contribution in [0.15, 0.2) is 17.7 Å². The van der Waals surface area contributed by atoms with Gasteiger partial charge in [-0.25, -0.2) is 0 Å². The molecule has 26 heavy (non-hydrogen) atoms. The average molecular weight is 358 g/mol. The molecule has 0 bridgehead atoms. The van der Waals surface area contributed by atoms with E-state index in [9.17, 15) is 9.90 Å². The van der Waals surface area contributed by atoms with E-state index in [-0.39, 0.29) is 17.6 Å². The molecule has 1 aromatic carbocycles. The van der Waals surface area contributed by atoms with Gasteiger partial charge in [0, 0.05) is 0 Å². The molecule has 1 heterocycles. The Labute approximate surface area is 156 Å². The summed E-state index contributed by atoms with van der Waals surface area (Å²) in [6, 6.07) is 3.88. The molecule has 0 radical (unpaired) electrons. The van der Waals surface area contributed by atoms with Crippen LogP contribution >= 0.6 is 0 Å². The number of aromatic hydroxyl groups is 1. The van der Waals surface area contributed by atoms with Crippen LogP contribution in [0.2, 0.25) is 0 Å². The third-order valence-corrected chi connectivity index (χ3v) is 5.65. The molecule has 2 aliphatic rings. The molecule has 0 aromatic heterocycles. The van der Waals surface area contributed by atoms with Crippen LogP contribution < -0.4 is 4.74 Å². The number of hydrogen-bond donors (Lipinski definition) is 1. The molecule has 1 N–H and O–H groups in total. The van der Waals surface area contributed by atoms with Gasteiger partial charge in [0.05, 0.1) is 18.6 Å². The number of unbranched alkanes of at least 4 members (excludes halogenated alkanes) is 2. The van der Waals surface area contributed by atoms with Gasteiger partial charge in [-0.15, -0.1) is 0 Å².